The molecule has 12 aromatic rings. The van der Waals surface area contributed by atoms with Gasteiger partial charge in [0.2, 0.25) is 52.8 Å². The van der Waals surface area contributed by atoms with Crippen LogP contribution in [0.1, 0.15) is 194 Å². The average Bonchev–Trinajstić information content (AvgIpc) is 1.70. The van der Waals surface area contributed by atoms with Crippen LogP contribution in [0, 0.1) is 35.3 Å². The molecule has 1 saturated carbocycles. The summed E-state index contributed by atoms with van der Waals surface area (Å²) in [7, 11) is 3.46. The van der Waals surface area contributed by atoms with Gasteiger partial charge in [-0.3, -0.25) is 47.9 Å². The highest BCUT2D eigenvalue weighted by atomic mass is 32.1. The van der Waals surface area contributed by atoms with E-state index in [4.69, 9.17) is 34.1 Å². The minimum atomic E-state index is -0.630. The molecule has 5 aromatic heterocycles. The molecule has 149 heavy (non-hydrogen) atoms. The van der Waals surface area contributed by atoms with E-state index in [9.17, 15) is 56.7 Å². The van der Waals surface area contributed by atoms with E-state index in [1.807, 2.05) is 129 Å². The number of nitrogens with one attached hydrogen (secondary N) is 9. The zero-order valence-electron chi connectivity index (χ0n) is 85.5. The van der Waals surface area contributed by atoms with Gasteiger partial charge < -0.3 is 81.3 Å². The molecule has 0 bridgehead atoms. The number of Topliss-reactive ketones (excluding diaryl/α,β-unsaturated/α-hetero) is 1. The highest BCUT2D eigenvalue weighted by molar-refractivity contribution is 7.11. The SMILES string of the molecule is CCNCC(=O)N[C@H](C(=O)N1CCC[C@H]1c1nc(-c2ccc(F)c3ccccc23)cs1)C1CCOCC1.CCN[C@@H](C)C(=O)N[C@H](C(=O)N1CCC[C@H]1c1nc(-c2ccc(F)c3ccccc23)cs1)C1CCOCC1.CN[C@@H](C)C(=O)N[C@H](C(=O)N1CCC[C@H]1c1nc(-c2cc(=O)[nH]c3ccccc23)cs1)C1CCOCC1.CN[C@@H](C)C(=O)N[C@H](C(=O)N1CCC[C@H]1c1nc(-c2cccc3ccccc23)cs1)C1CCC(=O)CC1. The fourth-order valence-electron chi connectivity index (χ4n) is 21.9. The van der Waals surface area contributed by atoms with E-state index < -0.39 is 36.3 Å². The van der Waals surface area contributed by atoms with Crippen molar-refractivity contribution >= 4 is 142 Å². The van der Waals surface area contributed by atoms with Crippen LogP contribution in [0.15, 0.2) is 172 Å². The largest absolute Gasteiger partial charge is 0.381 e. The standard InChI is InChI=1S/C29H35FN4O3S.C29H34N4O3S.C28H33FN4O3S.C27H33N5O4S/c1-3-31-18(2)27(35)33-26(19-12-15-37-16-13-19)29(36)34-14-6-9-25(34)28-32-24(17-38-28)22-10-11-23(30)21-8-5-4-7-20(21)22;1-18(30-2)27(35)32-26(20-12-14-21(34)15-13-20)29(36)33-16-6-11-25(33)28-31-24(17-37-28)23-10-5-8-19-7-3-4-9-22(19)23;1-2-30-16-25(34)32-26(18-11-14-36-15-12-18)28(35)33-13-5-8-24(33)27-31-23(17-37-27)21-9-10-22(29)20-7-4-3-6-19(20)21;1-16(28-2)25(34)31-24(17-9-12-36-13-10-17)27(35)32-11-5-8-22(32)26-30-21(15-37-26)19-14-23(33)29-20-7-4-3-6-18(19)20/h4-5,7-8,10-11,17-19,25-26,31H,3,6,9,12-16H2,1-2H3,(H,33,35);3-5,7-10,17-18,20,25-26,30H,6,11-16H2,1-2H3,(H,32,35);3-4,6-7,9-10,17-18,24,26,30H,2,5,8,11-16H2,1H3,(H,32,34);3-4,6-7,14-17,22,24,28H,5,8-13H2,1-2H3,(H,29,33)(H,31,34)/t2*18-,25-,26-;24-,26-;16-,22-,24-/m0000/s1. The van der Waals surface area contributed by atoms with Crippen molar-refractivity contribution in [1.29, 1.82) is 0 Å². The lowest BCUT2D eigenvalue weighted by molar-refractivity contribution is -0.140. The lowest BCUT2D eigenvalue weighted by Gasteiger charge is -2.35. The first-order valence-corrected chi connectivity index (χ1v) is 56.2. The summed E-state index contributed by atoms with van der Waals surface area (Å²) in [4.78, 5) is 161. The highest BCUT2D eigenvalue weighted by Gasteiger charge is 2.47. The predicted molar refractivity (Wildman–Crippen MR) is 580 cm³/mol. The van der Waals surface area contributed by atoms with Crippen LogP contribution < -0.4 is 48.1 Å². The van der Waals surface area contributed by atoms with Crippen molar-refractivity contribution in [3.8, 4) is 45.0 Å². The number of likely N-dealkylation sites (N-methyl/N-ethyl adjacent to an activating group) is 4. The van der Waals surface area contributed by atoms with E-state index in [1.165, 1.54) is 51.5 Å². The molecule has 8 amide bonds. The molecule has 8 fully saturated rings. The summed E-state index contributed by atoms with van der Waals surface area (Å²) in [5.41, 5.74) is 7.46. The number of benzene rings is 7. The first kappa shape index (κ1) is 108. The van der Waals surface area contributed by atoms with E-state index in [0.717, 1.165) is 182 Å². The van der Waals surface area contributed by atoms with E-state index in [0.29, 0.717) is 115 Å². The molecule has 30 nitrogen and oxygen atoms in total. The van der Waals surface area contributed by atoms with E-state index in [2.05, 4.69) is 83.2 Å². The van der Waals surface area contributed by atoms with E-state index in [-0.39, 0.29) is 131 Å². The van der Waals surface area contributed by atoms with Crippen LogP contribution >= 0.6 is 45.3 Å². The number of hydrogen-bond donors (Lipinski definition) is 9. The summed E-state index contributed by atoms with van der Waals surface area (Å²) >= 11 is 6.17. The van der Waals surface area contributed by atoms with Crippen LogP contribution in [0.5, 0.6) is 0 Å². The van der Waals surface area contributed by atoms with E-state index >= 15 is 0 Å². The van der Waals surface area contributed by atoms with Gasteiger partial charge in [0.15, 0.2) is 0 Å². The summed E-state index contributed by atoms with van der Waals surface area (Å²) in [6.07, 6.45) is 13.5. The maximum atomic E-state index is 14.4. The van der Waals surface area contributed by atoms with Crippen molar-refractivity contribution in [3.63, 3.8) is 0 Å². The molecule has 7 saturated heterocycles. The zero-order chi connectivity index (χ0) is 104. The Morgan fingerprint density at radius 3 is 1.13 bits per heavy atom. The van der Waals surface area contributed by atoms with Gasteiger partial charge in [0.05, 0.1) is 71.6 Å². The number of ether oxygens (including phenoxy) is 3. The summed E-state index contributed by atoms with van der Waals surface area (Å²) in [6, 6.07) is 41.1. The number of amides is 8. The van der Waals surface area contributed by atoms with Crippen molar-refractivity contribution in [2.24, 2.45) is 23.7 Å². The van der Waals surface area contributed by atoms with Gasteiger partial charge >= 0.3 is 0 Å². The Morgan fingerprint density at radius 1 is 0.389 bits per heavy atom. The second-order valence-corrected chi connectivity index (χ2v) is 43.3. The summed E-state index contributed by atoms with van der Waals surface area (Å²) in [5, 5.41) is 41.9. The minimum absolute atomic E-state index is 0.0322. The Morgan fingerprint density at radius 2 is 0.732 bits per heavy atom. The fourth-order valence-corrected chi connectivity index (χ4v) is 25.7. The number of carbonyl (C=O) groups is 9. The lowest BCUT2D eigenvalue weighted by atomic mass is 9.82. The molecular formula is C113H135F2N17O13S4. The van der Waals surface area contributed by atoms with Gasteiger partial charge in [0.25, 0.3) is 0 Å². The van der Waals surface area contributed by atoms with Gasteiger partial charge in [-0.25, -0.2) is 28.7 Å². The Kier molecular flexibility index (Phi) is 37.3. The van der Waals surface area contributed by atoms with Crippen molar-refractivity contribution < 1.29 is 66.1 Å². The maximum Gasteiger partial charge on any atom is 0.249 e. The Hall–Kier alpha value is -11.9. The maximum absolute atomic E-state index is 14.4. The third-order valence-corrected chi connectivity index (χ3v) is 34.2. The smallest absolute Gasteiger partial charge is 0.249 e. The van der Waals surface area contributed by atoms with Crippen LogP contribution in [-0.4, -0.2) is 239 Å². The molecule has 12 heterocycles. The molecule has 7 aromatic carbocycles. The number of aromatic amines is 1. The quantitative estimate of drug-likeness (QED) is 0.0202. The molecule has 0 radical (unpaired) electrons. The Labute approximate surface area is 883 Å². The average molecular weight is 2110 g/mol. The number of nitrogens with zero attached hydrogens (tertiary/aromatic N) is 8. The number of pyridine rings is 1. The van der Waals surface area contributed by atoms with Gasteiger partial charge in [-0.05, 0) is 226 Å². The number of hydrogen-bond acceptors (Lipinski definition) is 25. The lowest BCUT2D eigenvalue weighted by Crippen LogP contribution is -2.56. The van der Waals surface area contributed by atoms with Gasteiger partial charge in [-0.1, -0.05) is 123 Å². The third-order valence-electron chi connectivity index (χ3n) is 30.4. The first-order valence-electron chi connectivity index (χ1n) is 52.7. The molecule has 7 aliphatic heterocycles. The second kappa shape index (κ2) is 51.3. The van der Waals surface area contributed by atoms with Crippen LogP contribution in [-0.2, 0) is 57.4 Å². The molecule has 1 aliphatic carbocycles. The first-order chi connectivity index (χ1) is 72.4. The normalized spacial score (nSPS) is 19.9. The molecule has 11 atom stereocenters. The number of ketones is 1. The Balaban J connectivity index is 0.000000135. The number of aromatic nitrogens is 5. The van der Waals surface area contributed by atoms with E-state index in [1.54, 1.807) is 69.6 Å². The summed E-state index contributed by atoms with van der Waals surface area (Å²) in [6.45, 7) is 17.0. The molecule has 8 aliphatic rings. The van der Waals surface area contributed by atoms with Crippen LogP contribution in [0.2, 0.25) is 0 Å². The number of H-pyrrole nitrogens is 1. The number of carbonyl (C=O) groups excluding carboxylic acids is 9. The highest BCUT2D eigenvalue weighted by Crippen LogP contribution is 2.46. The van der Waals surface area contributed by atoms with Crippen molar-refractivity contribution in [1.82, 2.24) is 87.1 Å². The molecule has 36 heteroatoms. The van der Waals surface area contributed by atoms with Crippen molar-refractivity contribution in [3.05, 3.63) is 209 Å². The van der Waals surface area contributed by atoms with Crippen molar-refractivity contribution in [2.45, 2.75) is 217 Å². The molecule has 9 N–H and O–H groups in total. The third kappa shape index (κ3) is 25.6. The Bertz CT molecular complexity index is 6760. The molecule has 788 valence electrons. The number of fused-ring (bicyclic) bond motifs is 4. The monoisotopic (exact) mass is 2100 g/mol. The molecular weight excluding hydrogens is 1970 g/mol. The summed E-state index contributed by atoms with van der Waals surface area (Å²) < 4.78 is 45.3. The molecule has 0 spiro atoms. The van der Waals surface area contributed by atoms with Gasteiger partial charge in [-0.15, -0.1) is 45.3 Å². The fraction of sp³-hybridized carbons (Fsp3) is 0.469. The molecule has 20 rings (SSSR count). The number of para-hydroxylation sites is 1. The number of halogens is 2. The van der Waals surface area contributed by atoms with Crippen LogP contribution in [0.4, 0.5) is 8.78 Å². The topological polar surface area (TPSA) is 375 Å². The second-order valence-electron chi connectivity index (χ2n) is 39.8. The zero-order valence-corrected chi connectivity index (χ0v) is 88.8. The summed E-state index contributed by atoms with van der Waals surface area (Å²) in [5.74, 6) is -1.08. The number of thiazole rings is 4. The van der Waals surface area contributed by atoms with Crippen molar-refractivity contribution in [2.75, 3.05) is 99.5 Å². The molecule has 0 unspecified atom stereocenters. The van der Waals surface area contributed by atoms with Gasteiger partial charge in [-0.2, -0.15) is 0 Å². The van der Waals surface area contributed by atoms with Crippen LogP contribution in [0.3, 0.4) is 0 Å². The number of rotatable bonds is 30. The van der Waals surface area contributed by atoms with Crippen LogP contribution in [0.25, 0.3) is 88.2 Å². The number of likely N-dealkylation sites (tertiary alicyclic amines) is 4. The van der Waals surface area contributed by atoms with Gasteiger partial charge in [0, 0.05) is 150 Å². The van der Waals surface area contributed by atoms with Gasteiger partial charge in [0.1, 0.15) is 61.6 Å². The predicted octanol–water partition coefficient (Wildman–Crippen LogP) is 16.3. The minimum Gasteiger partial charge on any atom is -0.381 e.